The van der Waals surface area contributed by atoms with Gasteiger partial charge in [-0.25, -0.2) is 0 Å². The van der Waals surface area contributed by atoms with E-state index < -0.39 is 0 Å². The molecule has 0 bridgehead atoms. The molecule has 0 saturated heterocycles. The molecule has 2 rings (SSSR count). The number of ketones is 1. The number of fused-ring (bicyclic) bond motifs is 1. The van der Waals surface area contributed by atoms with Crippen molar-refractivity contribution in [3.05, 3.63) is 34.9 Å². The van der Waals surface area contributed by atoms with E-state index in [2.05, 4.69) is 19.1 Å². The van der Waals surface area contributed by atoms with Gasteiger partial charge in [0.2, 0.25) is 0 Å². The van der Waals surface area contributed by atoms with Gasteiger partial charge in [-0.15, -0.1) is 0 Å². The van der Waals surface area contributed by atoms with E-state index in [0.29, 0.717) is 5.78 Å². The normalized spacial score (nSPS) is 13.4. The van der Waals surface area contributed by atoms with Crippen molar-refractivity contribution in [1.82, 2.24) is 0 Å². The maximum absolute atomic E-state index is 12.2. The van der Waals surface area contributed by atoms with Gasteiger partial charge in [-0.2, -0.15) is 0 Å². The highest BCUT2D eigenvalue weighted by atomic mass is 16.1. The van der Waals surface area contributed by atoms with Gasteiger partial charge in [0, 0.05) is 12.0 Å². The summed E-state index contributed by atoms with van der Waals surface area (Å²) in [5, 5.41) is 0. The monoisotopic (exact) mass is 286 g/mol. The zero-order valence-electron chi connectivity index (χ0n) is 13.6. The molecule has 116 valence electrons. The first-order valence-corrected chi connectivity index (χ1v) is 8.96. The minimum absolute atomic E-state index is 0.343. The van der Waals surface area contributed by atoms with E-state index in [1.165, 1.54) is 68.9 Å². The standard InChI is InChI=1S/C20H30O/c1-2-3-4-5-6-7-8-9-13-20(21)19-15-14-17-11-10-12-18(17)16-19/h14-16H,2-13H2,1H3. The summed E-state index contributed by atoms with van der Waals surface area (Å²) in [7, 11) is 0. The topological polar surface area (TPSA) is 17.1 Å². The fourth-order valence-corrected chi connectivity index (χ4v) is 3.31. The van der Waals surface area contributed by atoms with Crippen LogP contribution in [0.15, 0.2) is 18.2 Å². The first kappa shape index (κ1) is 16.3. The minimum Gasteiger partial charge on any atom is -0.294 e. The summed E-state index contributed by atoms with van der Waals surface area (Å²) >= 11 is 0. The van der Waals surface area contributed by atoms with Crippen molar-refractivity contribution >= 4 is 5.78 Å². The summed E-state index contributed by atoms with van der Waals surface area (Å²) in [6.07, 6.45) is 14.7. The zero-order chi connectivity index (χ0) is 14.9. The molecule has 1 aliphatic carbocycles. The molecule has 0 fully saturated rings. The van der Waals surface area contributed by atoms with Crippen molar-refractivity contribution in [3.8, 4) is 0 Å². The molecule has 1 aromatic carbocycles. The lowest BCUT2D eigenvalue weighted by Crippen LogP contribution is -2.00. The molecule has 1 nitrogen and oxygen atoms in total. The predicted octanol–water partition coefficient (Wildman–Crippen LogP) is 5.89. The summed E-state index contributed by atoms with van der Waals surface area (Å²) < 4.78 is 0. The molecule has 0 unspecified atom stereocenters. The van der Waals surface area contributed by atoms with Crippen LogP contribution in [0.2, 0.25) is 0 Å². The SMILES string of the molecule is CCCCCCCCCCC(=O)c1ccc2c(c1)CCC2. The second-order valence-corrected chi connectivity index (χ2v) is 6.49. The van der Waals surface area contributed by atoms with Gasteiger partial charge in [0.15, 0.2) is 5.78 Å². The Morgan fingerprint density at radius 3 is 2.33 bits per heavy atom. The van der Waals surface area contributed by atoms with E-state index in [-0.39, 0.29) is 0 Å². The highest BCUT2D eigenvalue weighted by Crippen LogP contribution is 2.23. The lowest BCUT2D eigenvalue weighted by atomic mass is 10.00. The number of carbonyl (C=O) groups is 1. The van der Waals surface area contributed by atoms with Crippen LogP contribution in [0.25, 0.3) is 0 Å². The summed E-state index contributed by atoms with van der Waals surface area (Å²) in [6, 6.07) is 6.36. The van der Waals surface area contributed by atoms with Crippen LogP contribution in [0, 0.1) is 0 Å². The molecule has 1 heteroatoms. The second kappa shape index (κ2) is 9.02. The van der Waals surface area contributed by atoms with E-state index in [4.69, 9.17) is 0 Å². The fourth-order valence-electron chi connectivity index (χ4n) is 3.31. The van der Waals surface area contributed by atoms with Crippen LogP contribution < -0.4 is 0 Å². The van der Waals surface area contributed by atoms with Crippen LogP contribution in [-0.4, -0.2) is 5.78 Å². The van der Waals surface area contributed by atoms with Gasteiger partial charge in [0.05, 0.1) is 0 Å². The summed E-state index contributed by atoms with van der Waals surface area (Å²) in [5.41, 5.74) is 3.81. The number of rotatable bonds is 10. The zero-order valence-corrected chi connectivity index (χ0v) is 13.6. The Kier molecular flexibility index (Phi) is 6.99. The number of hydrogen-bond donors (Lipinski definition) is 0. The van der Waals surface area contributed by atoms with E-state index in [0.717, 1.165) is 24.8 Å². The van der Waals surface area contributed by atoms with Crippen LogP contribution in [0.3, 0.4) is 0 Å². The average Bonchev–Trinajstić information content (AvgIpc) is 2.97. The van der Waals surface area contributed by atoms with Gasteiger partial charge < -0.3 is 0 Å². The minimum atomic E-state index is 0.343. The van der Waals surface area contributed by atoms with Crippen LogP contribution in [0.1, 0.15) is 92.6 Å². The molecule has 0 atom stereocenters. The Balaban J connectivity index is 1.61. The third-order valence-corrected chi connectivity index (χ3v) is 4.68. The lowest BCUT2D eigenvalue weighted by Gasteiger charge is -2.05. The third-order valence-electron chi connectivity index (χ3n) is 4.68. The molecule has 0 amide bonds. The number of benzene rings is 1. The van der Waals surface area contributed by atoms with E-state index in [1.54, 1.807) is 0 Å². The maximum Gasteiger partial charge on any atom is 0.162 e. The Labute approximate surface area is 130 Å². The van der Waals surface area contributed by atoms with Crippen molar-refractivity contribution < 1.29 is 4.79 Å². The first-order chi connectivity index (χ1) is 10.3. The van der Waals surface area contributed by atoms with E-state index in [9.17, 15) is 4.79 Å². The Bertz CT molecular complexity index is 447. The summed E-state index contributed by atoms with van der Waals surface area (Å²) in [5.74, 6) is 0.343. The molecule has 0 saturated carbocycles. The Hall–Kier alpha value is -1.11. The highest BCUT2D eigenvalue weighted by molar-refractivity contribution is 5.96. The average molecular weight is 286 g/mol. The number of carbonyl (C=O) groups excluding carboxylic acids is 1. The smallest absolute Gasteiger partial charge is 0.162 e. The summed E-state index contributed by atoms with van der Waals surface area (Å²) in [6.45, 7) is 2.25. The van der Waals surface area contributed by atoms with Crippen molar-refractivity contribution in [2.45, 2.75) is 84.0 Å². The van der Waals surface area contributed by atoms with Crippen molar-refractivity contribution in [1.29, 1.82) is 0 Å². The summed E-state index contributed by atoms with van der Waals surface area (Å²) in [4.78, 5) is 12.2. The quantitative estimate of drug-likeness (QED) is 0.387. The van der Waals surface area contributed by atoms with Crippen molar-refractivity contribution in [3.63, 3.8) is 0 Å². The van der Waals surface area contributed by atoms with E-state index >= 15 is 0 Å². The molecular formula is C20H30O. The van der Waals surface area contributed by atoms with Gasteiger partial charge in [0.25, 0.3) is 0 Å². The number of aryl methyl sites for hydroxylation is 2. The largest absolute Gasteiger partial charge is 0.294 e. The molecule has 1 aliphatic rings. The number of unbranched alkanes of at least 4 members (excludes halogenated alkanes) is 7. The van der Waals surface area contributed by atoms with Crippen LogP contribution >= 0.6 is 0 Å². The molecule has 0 aromatic heterocycles. The van der Waals surface area contributed by atoms with Gasteiger partial charge in [-0.3, -0.25) is 4.79 Å². The van der Waals surface area contributed by atoms with Crippen LogP contribution in [0.4, 0.5) is 0 Å². The molecule has 21 heavy (non-hydrogen) atoms. The number of hydrogen-bond acceptors (Lipinski definition) is 1. The predicted molar refractivity (Wildman–Crippen MR) is 90.0 cm³/mol. The van der Waals surface area contributed by atoms with Gasteiger partial charge in [0.1, 0.15) is 0 Å². The van der Waals surface area contributed by atoms with Crippen LogP contribution in [0.5, 0.6) is 0 Å². The van der Waals surface area contributed by atoms with Gasteiger partial charge >= 0.3 is 0 Å². The molecule has 0 aliphatic heterocycles. The molecule has 0 spiro atoms. The van der Waals surface area contributed by atoms with Gasteiger partial charge in [-0.1, -0.05) is 64.0 Å². The number of Topliss-reactive ketones (excluding diaryl/α,β-unsaturated/α-hetero) is 1. The molecule has 0 radical (unpaired) electrons. The molecule has 1 aromatic rings. The molecule has 0 heterocycles. The maximum atomic E-state index is 12.2. The lowest BCUT2D eigenvalue weighted by molar-refractivity contribution is 0.0979. The highest BCUT2D eigenvalue weighted by Gasteiger charge is 2.13. The molecular weight excluding hydrogens is 256 g/mol. The van der Waals surface area contributed by atoms with Crippen molar-refractivity contribution in [2.75, 3.05) is 0 Å². The fraction of sp³-hybridized carbons (Fsp3) is 0.650. The van der Waals surface area contributed by atoms with Crippen molar-refractivity contribution in [2.24, 2.45) is 0 Å². The van der Waals surface area contributed by atoms with Crippen LogP contribution in [-0.2, 0) is 12.8 Å². The van der Waals surface area contributed by atoms with E-state index in [1.807, 2.05) is 6.07 Å². The Morgan fingerprint density at radius 2 is 1.57 bits per heavy atom. The Morgan fingerprint density at radius 1 is 0.905 bits per heavy atom. The third kappa shape index (κ3) is 5.30. The second-order valence-electron chi connectivity index (χ2n) is 6.49. The van der Waals surface area contributed by atoms with Gasteiger partial charge in [-0.05, 0) is 42.9 Å². The first-order valence-electron chi connectivity index (χ1n) is 8.96. The molecule has 0 N–H and O–H groups in total.